The number of nitrogens with zero attached hydrogens (tertiary/aromatic N) is 5. The third-order valence-corrected chi connectivity index (χ3v) is 5.31. The summed E-state index contributed by atoms with van der Waals surface area (Å²) >= 11 is 1.19. The monoisotopic (exact) mass is 434 g/mol. The number of phenolic OH excluding ortho intramolecular Hbond substituents is 1. The van der Waals surface area contributed by atoms with Crippen LogP contribution in [0.2, 0.25) is 0 Å². The number of amides is 1. The Bertz CT molecular complexity index is 1250. The van der Waals surface area contributed by atoms with Crippen LogP contribution in [0.15, 0.2) is 70.9 Å². The average molecular weight is 434 g/mol. The summed E-state index contributed by atoms with van der Waals surface area (Å²) in [6.45, 7) is 0. The Morgan fingerprint density at radius 2 is 2.06 bits per heavy atom. The molecule has 4 rings (SSSR count). The lowest BCUT2D eigenvalue weighted by Gasteiger charge is -2.07. The number of nitrogens with one attached hydrogen (secondary N) is 1. The fourth-order valence-electron chi connectivity index (χ4n) is 2.91. The van der Waals surface area contributed by atoms with Crippen LogP contribution < -0.4 is 10.2 Å². The van der Waals surface area contributed by atoms with E-state index in [4.69, 9.17) is 4.74 Å². The molecule has 4 aromatic rings. The molecule has 9 nitrogen and oxygen atoms in total. The van der Waals surface area contributed by atoms with E-state index in [0.717, 1.165) is 16.5 Å². The molecule has 31 heavy (non-hydrogen) atoms. The van der Waals surface area contributed by atoms with E-state index in [2.05, 4.69) is 26.1 Å². The molecule has 0 atom stereocenters. The first kappa shape index (κ1) is 20.4. The highest BCUT2D eigenvalue weighted by molar-refractivity contribution is 7.99. The number of methoxy groups -OCH3 is 1. The molecule has 0 aliphatic carbocycles. The molecule has 1 amide bonds. The van der Waals surface area contributed by atoms with Crippen molar-refractivity contribution in [3.8, 4) is 17.2 Å². The molecule has 2 N–H and O–H groups in total. The topological polar surface area (TPSA) is 115 Å². The number of benzene rings is 3. The Morgan fingerprint density at radius 1 is 1.23 bits per heavy atom. The van der Waals surface area contributed by atoms with Gasteiger partial charge in [0.15, 0.2) is 0 Å². The second-order valence-electron chi connectivity index (χ2n) is 6.38. The van der Waals surface area contributed by atoms with Crippen LogP contribution in [0, 0.1) is 0 Å². The number of rotatable bonds is 7. The number of hydrogen-bond acceptors (Lipinski definition) is 8. The van der Waals surface area contributed by atoms with Crippen LogP contribution in [0.3, 0.4) is 0 Å². The summed E-state index contributed by atoms with van der Waals surface area (Å²) in [6.07, 6.45) is 1.35. The van der Waals surface area contributed by atoms with Crippen LogP contribution >= 0.6 is 11.8 Å². The zero-order chi connectivity index (χ0) is 21.6. The van der Waals surface area contributed by atoms with Crippen molar-refractivity contribution < 1.29 is 14.6 Å². The van der Waals surface area contributed by atoms with Crippen molar-refractivity contribution in [2.45, 2.75) is 5.16 Å². The fraction of sp³-hybridized carbons (Fsp3) is 0.0952. The third-order valence-electron chi connectivity index (χ3n) is 4.40. The highest BCUT2D eigenvalue weighted by Gasteiger charge is 2.13. The maximum absolute atomic E-state index is 12.2. The minimum atomic E-state index is -0.337. The van der Waals surface area contributed by atoms with Gasteiger partial charge < -0.3 is 9.84 Å². The number of tetrazole rings is 1. The molecule has 0 saturated heterocycles. The van der Waals surface area contributed by atoms with Crippen molar-refractivity contribution in [1.29, 1.82) is 0 Å². The minimum absolute atomic E-state index is 0.0300. The van der Waals surface area contributed by atoms with E-state index >= 15 is 0 Å². The van der Waals surface area contributed by atoms with Gasteiger partial charge in [0.1, 0.15) is 11.5 Å². The summed E-state index contributed by atoms with van der Waals surface area (Å²) < 4.78 is 6.72. The lowest BCUT2D eigenvalue weighted by atomic mass is 10.1. The molecule has 0 fully saturated rings. The van der Waals surface area contributed by atoms with E-state index in [1.165, 1.54) is 31.2 Å². The van der Waals surface area contributed by atoms with E-state index in [1.807, 2.05) is 42.5 Å². The summed E-state index contributed by atoms with van der Waals surface area (Å²) in [6, 6.07) is 18.5. The average Bonchev–Trinajstić information content (AvgIpc) is 3.27. The van der Waals surface area contributed by atoms with Gasteiger partial charge in [0.2, 0.25) is 5.16 Å². The Morgan fingerprint density at radius 3 is 2.94 bits per heavy atom. The molecule has 3 aromatic carbocycles. The van der Waals surface area contributed by atoms with Crippen LogP contribution in [-0.2, 0) is 4.79 Å². The summed E-state index contributed by atoms with van der Waals surface area (Å²) in [7, 11) is 1.53. The number of ether oxygens (including phenoxy) is 1. The van der Waals surface area contributed by atoms with Crippen molar-refractivity contribution >= 4 is 34.7 Å². The Kier molecular flexibility index (Phi) is 6.08. The van der Waals surface area contributed by atoms with Crippen molar-refractivity contribution in [1.82, 2.24) is 25.6 Å². The summed E-state index contributed by atoms with van der Waals surface area (Å²) in [5, 5.41) is 28.2. The van der Waals surface area contributed by atoms with E-state index < -0.39 is 0 Å². The number of thioether (sulfide) groups is 1. The molecule has 0 spiro atoms. The number of hydrazone groups is 1. The Balaban J connectivity index is 1.42. The minimum Gasteiger partial charge on any atom is -0.507 e. The van der Waals surface area contributed by atoms with Crippen molar-refractivity contribution in [3.63, 3.8) is 0 Å². The number of carbonyl (C=O) groups excluding carboxylic acids is 1. The molecule has 0 unspecified atom stereocenters. The largest absolute Gasteiger partial charge is 0.507 e. The zero-order valence-electron chi connectivity index (χ0n) is 16.5. The Hall–Kier alpha value is -3.92. The van der Waals surface area contributed by atoms with Gasteiger partial charge in [-0.15, -0.1) is 5.10 Å². The van der Waals surface area contributed by atoms with Crippen LogP contribution in [0.25, 0.3) is 16.5 Å². The predicted octanol–water partition coefficient (Wildman–Crippen LogP) is 2.77. The molecule has 0 saturated carbocycles. The van der Waals surface area contributed by atoms with E-state index in [9.17, 15) is 9.90 Å². The van der Waals surface area contributed by atoms with Crippen LogP contribution in [-0.4, -0.2) is 50.3 Å². The third kappa shape index (κ3) is 4.64. The Labute approximate surface area is 181 Å². The second kappa shape index (κ2) is 9.26. The first-order valence-electron chi connectivity index (χ1n) is 9.24. The highest BCUT2D eigenvalue weighted by atomic mass is 32.2. The van der Waals surface area contributed by atoms with Crippen LogP contribution in [0.1, 0.15) is 5.56 Å². The summed E-state index contributed by atoms with van der Waals surface area (Å²) in [5.74, 6) is 0.326. The fourth-order valence-corrected chi connectivity index (χ4v) is 3.59. The first-order valence-corrected chi connectivity index (χ1v) is 10.2. The number of carbonyl (C=O) groups is 1. The van der Waals surface area contributed by atoms with Gasteiger partial charge in [-0.3, -0.25) is 4.79 Å². The van der Waals surface area contributed by atoms with E-state index in [-0.39, 0.29) is 17.4 Å². The lowest BCUT2D eigenvalue weighted by Crippen LogP contribution is -2.20. The molecule has 0 aliphatic rings. The number of hydrogen-bond donors (Lipinski definition) is 2. The van der Waals surface area contributed by atoms with Gasteiger partial charge in [0.25, 0.3) is 5.91 Å². The van der Waals surface area contributed by atoms with Crippen molar-refractivity contribution in [3.05, 3.63) is 66.2 Å². The van der Waals surface area contributed by atoms with Gasteiger partial charge >= 0.3 is 0 Å². The summed E-state index contributed by atoms with van der Waals surface area (Å²) in [4.78, 5) is 12.2. The predicted molar refractivity (Wildman–Crippen MR) is 118 cm³/mol. The van der Waals surface area contributed by atoms with Gasteiger partial charge in [-0.2, -0.15) is 9.78 Å². The van der Waals surface area contributed by atoms with Gasteiger partial charge in [0.05, 0.1) is 24.8 Å². The molecule has 0 radical (unpaired) electrons. The standard InChI is InChI=1S/C21H18N6O3S/c1-30-16-9-10-19(28)15(11-16)12-22-23-20(29)13-31-21-24-25-26-27(21)18-8-4-6-14-5-2-3-7-17(14)18/h2-12,28H,13H2,1H3,(H,23,29)/b22-12+. The summed E-state index contributed by atoms with van der Waals surface area (Å²) in [5.41, 5.74) is 3.68. The maximum Gasteiger partial charge on any atom is 0.250 e. The van der Waals surface area contributed by atoms with Gasteiger partial charge in [0, 0.05) is 10.9 Å². The SMILES string of the molecule is COc1ccc(O)c(/C=N/NC(=O)CSc2nnnn2-c2cccc3ccccc23)c1. The molecular formula is C21H18N6O3S. The molecule has 1 aromatic heterocycles. The maximum atomic E-state index is 12.2. The smallest absolute Gasteiger partial charge is 0.250 e. The molecule has 0 bridgehead atoms. The molecule has 10 heteroatoms. The number of aromatic hydroxyl groups is 1. The lowest BCUT2D eigenvalue weighted by molar-refractivity contribution is -0.118. The van der Waals surface area contributed by atoms with Crippen LogP contribution in [0.5, 0.6) is 11.5 Å². The van der Waals surface area contributed by atoms with Gasteiger partial charge in [-0.1, -0.05) is 48.2 Å². The highest BCUT2D eigenvalue weighted by Crippen LogP contribution is 2.25. The molecular weight excluding hydrogens is 416 g/mol. The molecule has 0 aliphatic heterocycles. The van der Waals surface area contributed by atoms with Gasteiger partial charge in [-0.05, 0) is 40.1 Å². The number of phenols is 1. The molecule has 156 valence electrons. The van der Waals surface area contributed by atoms with E-state index in [0.29, 0.717) is 16.5 Å². The number of aromatic nitrogens is 4. The molecule has 1 heterocycles. The quantitative estimate of drug-likeness (QED) is 0.261. The zero-order valence-corrected chi connectivity index (χ0v) is 17.3. The van der Waals surface area contributed by atoms with E-state index in [1.54, 1.807) is 16.8 Å². The van der Waals surface area contributed by atoms with Crippen LogP contribution in [0.4, 0.5) is 0 Å². The number of fused-ring (bicyclic) bond motifs is 1. The second-order valence-corrected chi connectivity index (χ2v) is 7.32. The van der Waals surface area contributed by atoms with Crippen molar-refractivity contribution in [2.24, 2.45) is 5.10 Å². The van der Waals surface area contributed by atoms with Gasteiger partial charge in [-0.25, -0.2) is 5.43 Å². The normalized spacial score (nSPS) is 11.1. The van der Waals surface area contributed by atoms with Crippen molar-refractivity contribution in [2.75, 3.05) is 12.9 Å². The first-order chi connectivity index (χ1) is 15.2.